The normalized spacial score (nSPS) is 19.9. The summed E-state index contributed by atoms with van der Waals surface area (Å²) >= 11 is 5.98. The van der Waals surface area contributed by atoms with E-state index in [2.05, 4.69) is 118 Å². The summed E-state index contributed by atoms with van der Waals surface area (Å²) in [7, 11) is -0.527. The van der Waals surface area contributed by atoms with Gasteiger partial charge in [-0.15, -0.1) is 0 Å². The summed E-state index contributed by atoms with van der Waals surface area (Å²) in [6, 6.07) is 18.1. The van der Waals surface area contributed by atoms with Crippen molar-refractivity contribution in [1.29, 1.82) is 0 Å². The van der Waals surface area contributed by atoms with Gasteiger partial charge in [-0.2, -0.15) is 0 Å². The Hall–Kier alpha value is -0.683. The third kappa shape index (κ3) is 3.48. The van der Waals surface area contributed by atoms with E-state index in [1.165, 1.54) is 33.4 Å². The van der Waals surface area contributed by atoms with E-state index in [0.29, 0.717) is 11.8 Å². The van der Waals surface area contributed by atoms with Gasteiger partial charge in [0.15, 0.2) is 0 Å². The third-order valence-electron chi connectivity index (χ3n) is 6.96. The molecule has 155 valence electrons. The first-order valence-electron chi connectivity index (χ1n) is 10.8. The molecule has 0 aromatic heterocycles. The van der Waals surface area contributed by atoms with Crippen molar-refractivity contribution in [2.45, 2.75) is 32.9 Å². The zero-order valence-corrected chi connectivity index (χ0v) is 26.0. The van der Waals surface area contributed by atoms with Crippen molar-refractivity contribution < 1.29 is 16.8 Å². The molecule has 0 amide bonds. The van der Waals surface area contributed by atoms with Crippen LogP contribution in [-0.2, 0) is 16.8 Å². The third-order valence-corrected chi connectivity index (χ3v) is 18.9. The molecule has 0 radical (unpaired) electrons. The van der Waals surface area contributed by atoms with Gasteiger partial charge in [0, 0.05) is 0 Å². The van der Waals surface area contributed by atoms with Crippen LogP contribution >= 0.6 is 24.6 Å². The number of halogens is 2. The fourth-order valence-corrected chi connectivity index (χ4v) is 18.5. The van der Waals surface area contributed by atoms with Crippen molar-refractivity contribution in [1.82, 2.24) is 0 Å². The minimum atomic E-state index is -2.16. The first kappa shape index (κ1) is 22.1. The van der Waals surface area contributed by atoms with E-state index in [1.807, 2.05) is 0 Å². The Balaban J connectivity index is 1.85. The number of hydrogen-bond donors (Lipinski definition) is 0. The van der Waals surface area contributed by atoms with Crippen LogP contribution in [0, 0.1) is 5.92 Å². The molecule has 1 atom stereocenters. The molecule has 0 N–H and O–H groups in total. The van der Waals surface area contributed by atoms with Gasteiger partial charge < -0.3 is 0 Å². The monoisotopic (exact) mass is 715 g/mol. The Bertz CT molecular complexity index is 1210. The zero-order valence-electron chi connectivity index (χ0n) is 18.3. The summed E-state index contributed by atoms with van der Waals surface area (Å²) in [6.45, 7) is 9.69. The topological polar surface area (TPSA) is 0 Å². The van der Waals surface area contributed by atoms with Gasteiger partial charge in [0.25, 0.3) is 0 Å². The van der Waals surface area contributed by atoms with Crippen molar-refractivity contribution >= 4 is 38.2 Å². The molecule has 0 saturated carbocycles. The fraction of sp³-hybridized carbons (Fsp3) is 0.222. The van der Waals surface area contributed by atoms with Gasteiger partial charge in [0.05, 0.1) is 0 Å². The number of benzene rings is 2. The molecule has 31 heavy (non-hydrogen) atoms. The van der Waals surface area contributed by atoms with Crippen LogP contribution in [0.4, 0.5) is 0 Å². The second kappa shape index (κ2) is 8.59. The van der Waals surface area contributed by atoms with Crippen molar-refractivity contribution in [2.75, 3.05) is 0 Å². The van der Waals surface area contributed by atoms with Crippen molar-refractivity contribution in [3.8, 4) is 11.1 Å². The molecule has 4 heteroatoms. The molecule has 5 rings (SSSR count). The molecule has 2 aromatic carbocycles. The molecule has 1 unspecified atom stereocenters. The average molecular weight is 716 g/mol. The quantitative estimate of drug-likeness (QED) is 0.275. The summed E-state index contributed by atoms with van der Waals surface area (Å²) in [5, 5.41) is 1.63. The average Bonchev–Trinajstić information content (AvgIpc) is 3.15. The Labute approximate surface area is 206 Å². The molecule has 0 nitrogen and oxygen atoms in total. The van der Waals surface area contributed by atoms with E-state index in [0.717, 1.165) is 0 Å². The molecule has 3 aliphatic rings. The van der Waals surface area contributed by atoms with Crippen LogP contribution in [0.2, 0.25) is 13.1 Å². The van der Waals surface area contributed by atoms with E-state index in [4.69, 9.17) is 0 Å². The molecule has 0 saturated heterocycles. The summed E-state index contributed by atoms with van der Waals surface area (Å²) < 4.78 is 1.59. The molecule has 3 aliphatic carbocycles. The Morgan fingerprint density at radius 3 is 2.00 bits per heavy atom. The van der Waals surface area contributed by atoms with E-state index in [-0.39, 0.29) is 0 Å². The van der Waals surface area contributed by atoms with Crippen LogP contribution in [0.3, 0.4) is 0 Å². The minimum absolute atomic E-state index is 0.319. The first-order valence-corrected chi connectivity index (χ1v) is 30.8. The van der Waals surface area contributed by atoms with E-state index in [1.54, 1.807) is 19.6 Å². The number of allylic oxidation sites excluding steroid dienone is 8. The van der Waals surface area contributed by atoms with Gasteiger partial charge in [0.1, 0.15) is 0 Å². The SMILES string of the molecule is CC1=[C]([Hf]([Br])[Br])C2=CC=CC(=[Si](C)C)C(C)C2=C1C1c2ccccc2-c2ccccc21. The van der Waals surface area contributed by atoms with Gasteiger partial charge in [-0.1, -0.05) is 0 Å². The van der Waals surface area contributed by atoms with Crippen LogP contribution in [0.1, 0.15) is 30.9 Å². The van der Waals surface area contributed by atoms with Gasteiger partial charge in [-0.25, -0.2) is 0 Å². The summed E-state index contributed by atoms with van der Waals surface area (Å²) in [5.41, 5.74) is 11.9. The Morgan fingerprint density at radius 1 is 0.871 bits per heavy atom. The summed E-state index contributed by atoms with van der Waals surface area (Å²) in [6.07, 6.45) is 7.12. The summed E-state index contributed by atoms with van der Waals surface area (Å²) in [4.78, 5) is 0. The maximum absolute atomic E-state index is 4.07. The van der Waals surface area contributed by atoms with Crippen molar-refractivity contribution in [3.05, 3.63) is 104 Å². The van der Waals surface area contributed by atoms with Crippen LogP contribution < -0.4 is 0 Å². The molecular formula is C27H25Br2HfSi. The van der Waals surface area contributed by atoms with Crippen LogP contribution in [0.25, 0.3) is 11.1 Å². The fourth-order valence-electron chi connectivity index (χ4n) is 5.69. The maximum atomic E-state index is 4.07. The number of rotatable bonds is 2. The molecule has 0 fully saturated rings. The van der Waals surface area contributed by atoms with Crippen LogP contribution in [-0.4, -0.2) is 13.6 Å². The standard InChI is InChI=1S/C27H25Si.2BrH.Hf/c1-17-16-19-10-9-15-24(28(3)4)18(2)26(19)25(17)27-22-13-7-5-11-20(22)21-12-6-8-14-23(21)27;;;/h5-15,18,27H,1-4H3;2*1H;/q;;;+2/p-2. The molecule has 0 spiro atoms. The Morgan fingerprint density at radius 2 is 1.45 bits per heavy atom. The van der Waals surface area contributed by atoms with Gasteiger partial charge in [-0.3, -0.25) is 0 Å². The summed E-state index contributed by atoms with van der Waals surface area (Å²) in [5.74, 6) is 0.779. The molecule has 0 bridgehead atoms. The van der Waals surface area contributed by atoms with Crippen molar-refractivity contribution in [3.63, 3.8) is 0 Å². The van der Waals surface area contributed by atoms with Crippen LogP contribution in [0.15, 0.2) is 92.4 Å². The van der Waals surface area contributed by atoms with E-state index >= 15 is 0 Å². The molecular weight excluding hydrogens is 691 g/mol. The van der Waals surface area contributed by atoms with Gasteiger partial charge in [-0.05, 0) is 0 Å². The predicted octanol–water partition coefficient (Wildman–Crippen LogP) is 8.26. The van der Waals surface area contributed by atoms with Gasteiger partial charge in [0.2, 0.25) is 0 Å². The Kier molecular flexibility index (Phi) is 6.13. The number of hydrogen-bond acceptors (Lipinski definition) is 0. The second-order valence-corrected chi connectivity index (χ2v) is 36.7. The van der Waals surface area contributed by atoms with Gasteiger partial charge >= 0.3 is 208 Å². The second-order valence-electron chi connectivity index (χ2n) is 8.81. The van der Waals surface area contributed by atoms with Crippen LogP contribution in [0.5, 0.6) is 0 Å². The molecule has 2 aromatic rings. The predicted molar refractivity (Wildman–Crippen MR) is 140 cm³/mol. The van der Waals surface area contributed by atoms with E-state index < -0.39 is 25.2 Å². The van der Waals surface area contributed by atoms with E-state index in [9.17, 15) is 0 Å². The van der Waals surface area contributed by atoms with Crippen molar-refractivity contribution in [2.24, 2.45) is 5.92 Å². The molecule has 0 heterocycles. The number of fused-ring (bicyclic) bond motifs is 4. The first-order chi connectivity index (χ1) is 14.9. The zero-order chi connectivity index (χ0) is 21.9. The molecule has 0 aliphatic heterocycles.